The zero-order chi connectivity index (χ0) is 17.0. The first-order chi connectivity index (χ1) is 10.9. The van der Waals surface area contributed by atoms with Crippen LogP contribution in [-0.2, 0) is 4.79 Å². The Morgan fingerprint density at radius 2 is 1.96 bits per heavy atom. The van der Waals surface area contributed by atoms with Gasteiger partial charge in [-0.05, 0) is 32.9 Å². The fraction of sp³-hybridized carbons (Fsp3) is 0.588. The highest BCUT2D eigenvalue weighted by atomic mass is 16.6. The highest BCUT2D eigenvalue weighted by Crippen LogP contribution is 2.40. The predicted molar refractivity (Wildman–Crippen MR) is 89.1 cm³/mol. The lowest BCUT2D eigenvalue weighted by atomic mass is 9.76. The van der Waals surface area contributed by atoms with E-state index in [1.807, 2.05) is 31.1 Å². The van der Waals surface area contributed by atoms with Crippen molar-refractivity contribution in [1.82, 2.24) is 10.2 Å². The number of nitrogens with zero attached hydrogens (tertiary/aromatic N) is 2. The summed E-state index contributed by atoms with van der Waals surface area (Å²) in [6.45, 7) is 1.53. The van der Waals surface area contributed by atoms with E-state index in [4.69, 9.17) is 0 Å². The molecule has 1 saturated carbocycles. The number of nitro benzene ring substituents is 1. The highest BCUT2D eigenvalue weighted by Gasteiger charge is 2.37. The summed E-state index contributed by atoms with van der Waals surface area (Å²) in [7, 11) is 3.89. The molecule has 1 aliphatic rings. The van der Waals surface area contributed by atoms with E-state index in [2.05, 4.69) is 5.32 Å². The second-order valence-electron chi connectivity index (χ2n) is 6.48. The molecule has 0 radical (unpaired) electrons. The summed E-state index contributed by atoms with van der Waals surface area (Å²) in [6.07, 6.45) is 4.05. The van der Waals surface area contributed by atoms with Crippen LogP contribution in [0.5, 0.6) is 0 Å². The Hall–Kier alpha value is -1.95. The van der Waals surface area contributed by atoms with Gasteiger partial charge in [0.1, 0.15) is 0 Å². The summed E-state index contributed by atoms with van der Waals surface area (Å²) in [6, 6.07) is 6.90. The van der Waals surface area contributed by atoms with Crippen molar-refractivity contribution < 1.29 is 9.72 Å². The van der Waals surface area contributed by atoms with Crippen LogP contribution in [0, 0.1) is 16.0 Å². The molecule has 0 heterocycles. The fourth-order valence-corrected chi connectivity index (χ4v) is 3.77. The number of hydrogen-bond donors (Lipinski definition) is 1. The molecule has 6 nitrogen and oxygen atoms in total. The van der Waals surface area contributed by atoms with Crippen molar-refractivity contribution in [2.75, 3.05) is 14.1 Å². The van der Waals surface area contributed by atoms with E-state index >= 15 is 0 Å². The Balaban J connectivity index is 2.41. The number of nitrogens with one attached hydrogen (secondary N) is 1. The van der Waals surface area contributed by atoms with Gasteiger partial charge in [-0.1, -0.05) is 31.0 Å². The molecule has 3 atom stereocenters. The molecule has 1 amide bonds. The Kier molecular flexibility index (Phi) is 5.71. The maximum atomic E-state index is 11.5. The van der Waals surface area contributed by atoms with Gasteiger partial charge in [-0.3, -0.25) is 14.9 Å². The third-order valence-electron chi connectivity index (χ3n) is 4.62. The number of carbonyl (C=O) groups excluding carboxylic acids is 1. The Morgan fingerprint density at radius 1 is 1.30 bits per heavy atom. The van der Waals surface area contributed by atoms with Gasteiger partial charge in [0, 0.05) is 30.6 Å². The Bertz CT molecular complexity index is 574. The smallest absolute Gasteiger partial charge is 0.274 e. The van der Waals surface area contributed by atoms with E-state index in [0.29, 0.717) is 0 Å². The zero-order valence-corrected chi connectivity index (χ0v) is 14.0. The molecule has 1 aromatic rings. The van der Waals surface area contributed by atoms with Crippen LogP contribution in [-0.4, -0.2) is 35.9 Å². The molecule has 0 aromatic heterocycles. The minimum atomic E-state index is -0.317. The van der Waals surface area contributed by atoms with Crippen molar-refractivity contribution in [1.29, 1.82) is 0 Å². The van der Waals surface area contributed by atoms with Crippen molar-refractivity contribution in [3.63, 3.8) is 0 Å². The quantitative estimate of drug-likeness (QED) is 0.669. The van der Waals surface area contributed by atoms with Crippen molar-refractivity contribution in [2.45, 2.75) is 44.7 Å². The average molecular weight is 319 g/mol. The van der Waals surface area contributed by atoms with Gasteiger partial charge < -0.3 is 10.2 Å². The lowest BCUT2D eigenvalue weighted by Gasteiger charge is -2.40. The van der Waals surface area contributed by atoms with E-state index in [1.54, 1.807) is 12.1 Å². The van der Waals surface area contributed by atoms with Gasteiger partial charge >= 0.3 is 0 Å². The monoisotopic (exact) mass is 319 g/mol. The number of benzene rings is 1. The summed E-state index contributed by atoms with van der Waals surface area (Å²) in [5, 5.41) is 14.5. The molecule has 0 spiro atoms. The highest BCUT2D eigenvalue weighted by molar-refractivity contribution is 5.73. The molecule has 1 aliphatic carbocycles. The van der Waals surface area contributed by atoms with Crippen LogP contribution in [0.4, 0.5) is 5.69 Å². The molecular formula is C17H25N3O3. The lowest BCUT2D eigenvalue weighted by Crippen LogP contribution is -2.46. The standard InChI is InChI=1S/C17H25N3O3/c1-12(21)18-15-10-6-4-8-13(15)17(19(2)3)14-9-5-7-11-16(14)20(22)23/h5,7,9,11,13,15,17H,4,6,8,10H2,1-3H3,(H,18,21)/t13-,15+,17?/m0/s1. The molecule has 0 aliphatic heterocycles. The zero-order valence-electron chi connectivity index (χ0n) is 14.0. The molecule has 126 valence electrons. The fourth-order valence-electron chi connectivity index (χ4n) is 3.77. The third-order valence-corrected chi connectivity index (χ3v) is 4.62. The Morgan fingerprint density at radius 3 is 2.57 bits per heavy atom. The van der Waals surface area contributed by atoms with Crippen molar-refractivity contribution in [3.8, 4) is 0 Å². The number of hydrogen-bond acceptors (Lipinski definition) is 4. The number of amides is 1. The SMILES string of the molecule is CC(=O)N[C@@H]1CCCC[C@@H]1C(c1ccccc1[N+](=O)[O-])N(C)C. The van der Waals surface area contributed by atoms with Crippen LogP contribution >= 0.6 is 0 Å². The maximum absolute atomic E-state index is 11.5. The summed E-state index contributed by atoms with van der Waals surface area (Å²) in [4.78, 5) is 24.7. The van der Waals surface area contributed by atoms with Gasteiger partial charge in [0.05, 0.1) is 4.92 Å². The summed E-state index contributed by atoms with van der Waals surface area (Å²) in [5.41, 5.74) is 0.878. The van der Waals surface area contributed by atoms with Gasteiger partial charge in [0.15, 0.2) is 0 Å². The molecule has 6 heteroatoms. The summed E-state index contributed by atoms with van der Waals surface area (Å²) >= 11 is 0. The second kappa shape index (κ2) is 7.55. The van der Waals surface area contributed by atoms with Crippen LogP contribution in [0.2, 0.25) is 0 Å². The summed E-state index contributed by atoms with van der Waals surface area (Å²) < 4.78 is 0. The van der Waals surface area contributed by atoms with Crippen LogP contribution in [0.15, 0.2) is 24.3 Å². The van der Waals surface area contributed by atoms with E-state index in [9.17, 15) is 14.9 Å². The van der Waals surface area contributed by atoms with Gasteiger partial charge in [-0.25, -0.2) is 0 Å². The average Bonchev–Trinajstić information content (AvgIpc) is 2.48. The molecule has 23 heavy (non-hydrogen) atoms. The number of rotatable bonds is 5. The van der Waals surface area contributed by atoms with Crippen LogP contribution in [0.25, 0.3) is 0 Å². The van der Waals surface area contributed by atoms with Crippen molar-refractivity contribution in [3.05, 3.63) is 39.9 Å². The minimum absolute atomic E-state index is 0.0398. The molecule has 1 unspecified atom stereocenters. The molecule has 1 fully saturated rings. The van der Waals surface area contributed by atoms with E-state index in [-0.39, 0.29) is 34.5 Å². The van der Waals surface area contributed by atoms with Gasteiger partial charge in [-0.15, -0.1) is 0 Å². The molecule has 1 N–H and O–H groups in total. The number of carbonyl (C=O) groups is 1. The normalized spacial score (nSPS) is 22.6. The topological polar surface area (TPSA) is 75.5 Å². The van der Waals surface area contributed by atoms with Crippen molar-refractivity contribution in [2.24, 2.45) is 5.92 Å². The first kappa shape index (κ1) is 17.4. The van der Waals surface area contributed by atoms with Crippen molar-refractivity contribution >= 4 is 11.6 Å². The predicted octanol–water partition coefficient (Wildman–Crippen LogP) is 2.89. The van der Waals surface area contributed by atoms with Crippen LogP contribution in [0.1, 0.15) is 44.2 Å². The molecular weight excluding hydrogens is 294 g/mol. The first-order valence-corrected chi connectivity index (χ1v) is 8.08. The van der Waals surface area contributed by atoms with Crippen LogP contribution in [0.3, 0.4) is 0 Å². The van der Waals surface area contributed by atoms with Gasteiger partial charge in [0.25, 0.3) is 5.69 Å². The number of nitro groups is 1. The Labute approximate surface area is 137 Å². The van der Waals surface area contributed by atoms with E-state index in [0.717, 1.165) is 31.2 Å². The second-order valence-corrected chi connectivity index (χ2v) is 6.48. The van der Waals surface area contributed by atoms with E-state index in [1.165, 1.54) is 6.92 Å². The molecule has 1 aromatic carbocycles. The molecule has 0 saturated heterocycles. The maximum Gasteiger partial charge on any atom is 0.274 e. The minimum Gasteiger partial charge on any atom is -0.353 e. The van der Waals surface area contributed by atoms with Gasteiger partial charge in [0.2, 0.25) is 5.91 Å². The molecule has 2 rings (SSSR count). The first-order valence-electron chi connectivity index (χ1n) is 8.08. The van der Waals surface area contributed by atoms with E-state index < -0.39 is 0 Å². The van der Waals surface area contributed by atoms with Crippen LogP contribution < -0.4 is 5.32 Å². The third kappa shape index (κ3) is 4.07. The number of para-hydroxylation sites is 1. The summed E-state index contributed by atoms with van der Waals surface area (Å²) in [5.74, 6) is 0.130. The largest absolute Gasteiger partial charge is 0.353 e. The lowest BCUT2D eigenvalue weighted by molar-refractivity contribution is -0.386. The van der Waals surface area contributed by atoms with Gasteiger partial charge in [-0.2, -0.15) is 0 Å². The molecule has 0 bridgehead atoms.